The smallest absolute Gasteiger partial charge is 0.419 e. The number of benzene rings is 7. The lowest BCUT2D eigenvalue weighted by Crippen LogP contribution is -2.27. The zero-order chi connectivity index (χ0) is 65.1. The van der Waals surface area contributed by atoms with Gasteiger partial charge in [-0.2, -0.15) is 0 Å². The first-order valence-electron chi connectivity index (χ1n) is 28.0. The van der Waals surface area contributed by atoms with Crippen molar-refractivity contribution in [3.63, 3.8) is 0 Å². The van der Waals surface area contributed by atoms with E-state index in [0.717, 1.165) is 54.4 Å². The molecule has 22 heteroatoms. The number of nitrogens with two attached hydrogens (primary N) is 1. The lowest BCUT2D eigenvalue weighted by molar-refractivity contribution is 0.0532. The Labute approximate surface area is 529 Å². The number of nitrogen functional groups attached to an aromatic ring is 1. The summed E-state index contributed by atoms with van der Waals surface area (Å²) in [6.07, 6.45) is 5.47. The lowest BCUT2D eigenvalue weighted by Gasteiger charge is -2.20. The van der Waals surface area contributed by atoms with Crippen molar-refractivity contribution in [2.45, 2.75) is 102 Å². The fraction of sp³-hybridized carbons (Fsp3) is 0.239. The minimum atomic E-state index is -4.25. The molecule has 4 heterocycles. The SMILES string of the molecule is C1CCOC1.CC(C)(C)OC(=O)n1ccc2cccc(Br)c21.CC(C)(C)OC(=O)n1ccc2cccc(S(=O)(=O)Cl)c21.CC(C)(C)OC(=O)n1ccc2cccc(S(=O)(=O)Nc3cc(-c4ccccc4)ccc3F)c21.Nc1cc(-c2ccccc2)ccc1F. The van der Waals surface area contributed by atoms with Gasteiger partial charge in [0.15, 0.2) is 0 Å². The molecule has 1 aliphatic rings. The molecule has 0 unspecified atom stereocenters. The van der Waals surface area contributed by atoms with Crippen LogP contribution in [-0.2, 0) is 38.0 Å². The third-order valence-electron chi connectivity index (χ3n) is 12.6. The Kier molecular flexibility index (Phi) is 22.1. The molecule has 0 spiro atoms. The van der Waals surface area contributed by atoms with E-state index in [1.165, 1.54) is 60.1 Å². The van der Waals surface area contributed by atoms with Crippen molar-refractivity contribution in [2.75, 3.05) is 23.7 Å². The molecule has 1 fully saturated rings. The fourth-order valence-electron chi connectivity index (χ4n) is 8.75. The predicted molar refractivity (Wildman–Crippen MR) is 350 cm³/mol. The van der Waals surface area contributed by atoms with Crippen molar-refractivity contribution in [1.29, 1.82) is 0 Å². The number of aromatic nitrogens is 3. The molecule has 89 heavy (non-hydrogen) atoms. The summed E-state index contributed by atoms with van der Waals surface area (Å²) < 4.78 is 105. The van der Waals surface area contributed by atoms with E-state index in [9.17, 15) is 40.0 Å². The van der Waals surface area contributed by atoms with Crippen LogP contribution in [0.25, 0.3) is 55.0 Å². The predicted octanol–water partition coefficient (Wildman–Crippen LogP) is 17.4. The van der Waals surface area contributed by atoms with Crippen LogP contribution in [0.5, 0.6) is 0 Å². The second kappa shape index (κ2) is 28.9. The minimum absolute atomic E-state index is 0.118. The van der Waals surface area contributed by atoms with Crippen LogP contribution in [0.3, 0.4) is 0 Å². The normalized spacial score (nSPS) is 12.5. The third kappa shape index (κ3) is 18.8. The molecule has 10 aromatic rings. The van der Waals surface area contributed by atoms with Crippen LogP contribution in [0, 0.1) is 11.6 Å². The highest BCUT2D eigenvalue weighted by Crippen LogP contribution is 2.32. The largest absolute Gasteiger partial charge is 0.443 e. The highest BCUT2D eigenvalue weighted by molar-refractivity contribution is 9.10. The van der Waals surface area contributed by atoms with E-state index in [1.807, 2.05) is 106 Å². The Morgan fingerprint density at radius 2 is 0.899 bits per heavy atom. The maximum atomic E-state index is 14.6. The molecule has 1 aliphatic heterocycles. The first-order valence-corrected chi connectivity index (χ1v) is 32.6. The van der Waals surface area contributed by atoms with Gasteiger partial charge in [-0.3, -0.25) is 18.4 Å². The molecule has 11 rings (SSSR count). The van der Waals surface area contributed by atoms with Gasteiger partial charge in [0.25, 0.3) is 19.1 Å². The van der Waals surface area contributed by atoms with Crippen molar-refractivity contribution in [2.24, 2.45) is 0 Å². The number of halogens is 4. The number of para-hydroxylation sites is 3. The van der Waals surface area contributed by atoms with Gasteiger partial charge in [0.1, 0.15) is 38.2 Å². The molecule has 468 valence electrons. The minimum Gasteiger partial charge on any atom is -0.443 e. The Morgan fingerprint density at radius 3 is 1.31 bits per heavy atom. The monoisotopic (exact) mass is 1340 g/mol. The van der Waals surface area contributed by atoms with E-state index in [-0.39, 0.29) is 44.1 Å². The van der Waals surface area contributed by atoms with Gasteiger partial charge < -0.3 is 24.7 Å². The summed E-state index contributed by atoms with van der Waals surface area (Å²) in [5.74, 6) is -1.09. The fourth-order valence-corrected chi connectivity index (χ4v) is 11.7. The van der Waals surface area contributed by atoms with Gasteiger partial charge in [0.2, 0.25) is 0 Å². The number of sulfonamides is 1. The highest BCUT2D eigenvalue weighted by atomic mass is 79.9. The summed E-state index contributed by atoms with van der Waals surface area (Å²) >= 11 is 3.45. The maximum Gasteiger partial charge on any atom is 0.419 e. The second-order valence-corrected chi connectivity index (χ2v) is 28.1. The summed E-state index contributed by atoms with van der Waals surface area (Å²) in [6.45, 7) is 17.9. The number of hydrogen-bond donors (Lipinski definition) is 2. The van der Waals surface area contributed by atoms with Crippen LogP contribution in [0.1, 0.15) is 75.2 Å². The van der Waals surface area contributed by atoms with Crippen molar-refractivity contribution >= 4 is 108 Å². The summed E-state index contributed by atoms with van der Waals surface area (Å²) in [6, 6.07) is 48.1. The number of nitrogens with one attached hydrogen (secondary N) is 1. The van der Waals surface area contributed by atoms with Crippen LogP contribution in [0.15, 0.2) is 203 Å². The van der Waals surface area contributed by atoms with Crippen LogP contribution in [-0.4, -0.2) is 78.8 Å². The van der Waals surface area contributed by atoms with Crippen LogP contribution >= 0.6 is 26.6 Å². The van der Waals surface area contributed by atoms with Gasteiger partial charge >= 0.3 is 18.3 Å². The van der Waals surface area contributed by atoms with Gasteiger partial charge in [-0.15, -0.1) is 0 Å². The van der Waals surface area contributed by atoms with E-state index in [2.05, 4.69) is 20.7 Å². The van der Waals surface area contributed by atoms with E-state index >= 15 is 0 Å². The standard InChI is InChI=1S/C25H23FN2O4S.C13H14BrNO2.C13H14ClNO4S.C12H10FN.C4H8O/c1-25(2,3)32-24(29)28-15-14-18-10-7-11-22(23(18)28)33(30,31)27-21-16-19(12-13-20(21)26)17-8-5-4-6-9-17;1-13(2,3)17-12(16)15-8-7-9-5-4-6-10(14)11(9)15;1-13(2,3)19-12(16)15-8-7-9-5-4-6-10(11(9)15)20(14,17)18;13-11-7-6-10(8-12(11)14)9-4-2-1-3-5-9;1-2-4-5-3-1/h4-16,27H,1-3H3;4-8H,1-3H3;4-8H,1-3H3;1-8H,14H2;1-4H2. The molecule has 0 amide bonds. The van der Waals surface area contributed by atoms with Crippen molar-refractivity contribution < 1.29 is 58.9 Å². The molecule has 1 saturated heterocycles. The first-order chi connectivity index (χ1) is 41.8. The van der Waals surface area contributed by atoms with Crippen molar-refractivity contribution in [3.8, 4) is 22.3 Å². The lowest BCUT2D eigenvalue weighted by atomic mass is 10.1. The average molecular weight is 1340 g/mol. The third-order valence-corrected chi connectivity index (χ3v) is 16.0. The Bertz CT molecular complexity index is 4360. The molecular weight excluding hydrogens is 1270 g/mol. The number of fused-ring (bicyclic) bond motifs is 3. The first kappa shape index (κ1) is 68.2. The van der Waals surface area contributed by atoms with Crippen LogP contribution < -0.4 is 10.5 Å². The molecule has 0 saturated carbocycles. The number of rotatable bonds is 6. The van der Waals surface area contributed by atoms with Gasteiger partial charge in [-0.25, -0.2) is 40.0 Å². The zero-order valence-electron chi connectivity index (χ0n) is 50.5. The molecule has 0 bridgehead atoms. The maximum absolute atomic E-state index is 14.6. The van der Waals surface area contributed by atoms with E-state index in [1.54, 1.807) is 102 Å². The summed E-state index contributed by atoms with van der Waals surface area (Å²) in [5, 5.41) is 2.13. The Morgan fingerprint density at radius 1 is 0.506 bits per heavy atom. The number of carbonyl (C=O) groups is 3. The number of nitrogens with zero attached hydrogens (tertiary/aromatic N) is 3. The molecule has 3 N–H and O–H groups in total. The van der Waals surface area contributed by atoms with E-state index in [0.29, 0.717) is 16.3 Å². The second-order valence-electron chi connectivity index (χ2n) is 23.1. The molecule has 0 atom stereocenters. The van der Waals surface area contributed by atoms with Gasteiger partial charge in [0, 0.05) is 63.1 Å². The van der Waals surface area contributed by atoms with Crippen molar-refractivity contribution in [1.82, 2.24) is 13.7 Å². The summed E-state index contributed by atoms with van der Waals surface area (Å²) in [5.41, 5.74) is 8.20. The molecule has 16 nitrogen and oxygen atoms in total. The molecular formula is C67H69BrClF2N5O11S2. The topological polar surface area (TPSA) is 209 Å². The van der Waals surface area contributed by atoms with Crippen molar-refractivity contribution in [3.05, 3.63) is 205 Å². The zero-order valence-corrected chi connectivity index (χ0v) is 54.4. The number of hydrogen-bond acceptors (Lipinski definition) is 12. The molecule has 0 radical (unpaired) electrons. The van der Waals surface area contributed by atoms with E-state index < -0.39 is 53.9 Å². The molecule has 7 aromatic carbocycles. The summed E-state index contributed by atoms with van der Waals surface area (Å²) in [7, 11) is -2.79. The van der Waals surface area contributed by atoms with Gasteiger partial charge in [0.05, 0.1) is 27.9 Å². The van der Waals surface area contributed by atoms with Gasteiger partial charge in [-0.05, 0) is 174 Å². The number of carbonyl (C=O) groups excluding carboxylic acids is 3. The molecule has 0 aliphatic carbocycles. The molecule has 3 aromatic heterocycles. The van der Waals surface area contributed by atoms with Gasteiger partial charge in [-0.1, -0.05) is 109 Å². The highest BCUT2D eigenvalue weighted by Gasteiger charge is 2.27. The number of ether oxygens (including phenoxy) is 4. The Balaban J connectivity index is 0.000000173. The summed E-state index contributed by atoms with van der Waals surface area (Å²) in [4.78, 5) is 36.5. The van der Waals surface area contributed by atoms with Crippen LogP contribution in [0.4, 0.5) is 34.5 Å². The average Bonchev–Trinajstić information content (AvgIpc) is 1.97. The van der Waals surface area contributed by atoms with E-state index in [4.69, 9.17) is 35.4 Å². The number of anilines is 2. The quantitative estimate of drug-likeness (QED) is 0.0905. The Hall–Kier alpha value is -8.34. The van der Waals surface area contributed by atoms with Crippen LogP contribution in [0.2, 0.25) is 0 Å².